The Bertz CT molecular complexity index is 299. The van der Waals surface area contributed by atoms with Crippen LogP contribution >= 0.6 is 0 Å². The lowest BCUT2D eigenvalue weighted by molar-refractivity contribution is 0.356. The number of hydrogen-bond donors (Lipinski definition) is 0. The molecule has 0 bridgehead atoms. The van der Waals surface area contributed by atoms with Gasteiger partial charge in [0.15, 0.2) is 0 Å². The van der Waals surface area contributed by atoms with Crippen LogP contribution < -0.4 is 0 Å². The first-order valence-corrected chi connectivity index (χ1v) is 5.28. The zero-order valence-electron chi connectivity index (χ0n) is 8.75. The first kappa shape index (κ1) is 8.80. The summed E-state index contributed by atoms with van der Waals surface area (Å²) < 4.78 is 0. The van der Waals surface area contributed by atoms with Gasteiger partial charge in [-0.25, -0.2) is 0 Å². The molecule has 2 unspecified atom stereocenters. The summed E-state index contributed by atoms with van der Waals surface area (Å²) in [4.78, 5) is 0. The highest BCUT2D eigenvalue weighted by molar-refractivity contribution is 5.35. The minimum Gasteiger partial charge on any atom is -0.0625 e. The van der Waals surface area contributed by atoms with Crippen molar-refractivity contribution >= 4 is 0 Å². The molecule has 0 saturated heterocycles. The Hall–Kier alpha value is -0.780. The van der Waals surface area contributed by atoms with Crippen LogP contribution in [-0.4, -0.2) is 0 Å². The second-order valence-electron chi connectivity index (χ2n) is 4.60. The van der Waals surface area contributed by atoms with Crippen molar-refractivity contribution in [2.45, 2.75) is 33.1 Å². The molecule has 0 heterocycles. The monoisotopic (exact) mass is 174 g/mol. The number of hydrogen-bond acceptors (Lipinski definition) is 0. The Balaban J connectivity index is 2.32. The van der Waals surface area contributed by atoms with Crippen LogP contribution in [0.25, 0.3) is 0 Å². The Labute approximate surface area is 81.0 Å². The van der Waals surface area contributed by atoms with Gasteiger partial charge in [0.05, 0.1) is 0 Å². The molecular weight excluding hydrogens is 156 g/mol. The number of benzene rings is 1. The first-order chi connectivity index (χ1) is 6.20. The fourth-order valence-corrected chi connectivity index (χ4v) is 2.64. The van der Waals surface area contributed by atoms with Crippen LogP contribution in [0.1, 0.15) is 37.8 Å². The smallest absolute Gasteiger partial charge is 0.0154 e. The molecule has 1 aromatic rings. The zero-order valence-corrected chi connectivity index (χ0v) is 8.75. The third-order valence-corrected chi connectivity index (χ3v) is 3.50. The average Bonchev–Trinajstić information content (AvgIpc) is 2.45. The van der Waals surface area contributed by atoms with E-state index in [9.17, 15) is 0 Å². The van der Waals surface area contributed by atoms with Crippen LogP contribution in [0.5, 0.6) is 0 Å². The van der Waals surface area contributed by atoms with Crippen LogP contribution in [0.2, 0.25) is 0 Å². The molecule has 0 aromatic heterocycles. The van der Waals surface area contributed by atoms with E-state index in [4.69, 9.17) is 0 Å². The van der Waals surface area contributed by atoms with Crippen molar-refractivity contribution in [3.05, 3.63) is 35.4 Å². The second-order valence-corrected chi connectivity index (χ2v) is 4.60. The van der Waals surface area contributed by atoms with Gasteiger partial charge in [0.2, 0.25) is 0 Å². The largest absolute Gasteiger partial charge is 0.0625 e. The summed E-state index contributed by atoms with van der Waals surface area (Å²) in [6.07, 6.45) is 1.29. The summed E-state index contributed by atoms with van der Waals surface area (Å²) >= 11 is 0. The van der Waals surface area contributed by atoms with Gasteiger partial charge in [-0.3, -0.25) is 0 Å². The molecule has 0 amide bonds. The SMILES string of the molecule is CC(C)C1Cc2ccccc2C1C. The molecule has 0 fully saturated rings. The van der Waals surface area contributed by atoms with E-state index >= 15 is 0 Å². The third-order valence-electron chi connectivity index (χ3n) is 3.50. The molecule has 2 atom stereocenters. The Kier molecular flexibility index (Phi) is 2.15. The fourth-order valence-electron chi connectivity index (χ4n) is 2.64. The topological polar surface area (TPSA) is 0 Å². The first-order valence-electron chi connectivity index (χ1n) is 5.28. The third kappa shape index (κ3) is 1.39. The van der Waals surface area contributed by atoms with Gasteiger partial charge in [-0.1, -0.05) is 45.0 Å². The van der Waals surface area contributed by atoms with Gasteiger partial charge >= 0.3 is 0 Å². The van der Waals surface area contributed by atoms with Crippen molar-refractivity contribution in [3.63, 3.8) is 0 Å². The summed E-state index contributed by atoms with van der Waals surface area (Å²) in [6.45, 7) is 7.05. The van der Waals surface area contributed by atoms with Crippen LogP contribution in [0, 0.1) is 11.8 Å². The maximum absolute atomic E-state index is 2.37. The van der Waals surface area contributed by atoms with Crippen molar-refractivity contribution in [1.82, 2.24) is 0 Å². The number of fused-ring (bicyclic) bond motifs is 1. The van der Waals surface area contributed by atoms with E-state index in [0.29, 0.717) is 0 Å². The highest BCUT2D eigenvalue weighted by Crippen LogP contribution is 2.40. The quantitative estimate of drug-likeness (QED) is 0.610. The average molecular weight is 174 g/mol. The molecule has 2 rings (SSSR count). The van der Waals surface area contributed by atoms with Crippen LogP contribution in [0.3, 0.4) is 0 Å². The fraction of sp³-hybridized carbons (Fsp3) is 0.538. The van der Waals surface area contributed by atoms with E-state index < -0.39 is 0 Å². The van der Waals surface area contributed by atoms with Gasteiger partial charge in [-0.05, 0) is 35.3 Å². The maximum atomic E-state index is 2.37. The van der Waals surface area contributed by atoms with Crippen molar-refractivity contribution in [2.24, 2.45) is 11.8 Å². The normalized spacial score (nSPS) is 26.5. The molecule has 1 aliphatic rings. The minimum atomic E-state index is 0.760. The lowest BCUT2D eigenvalue weighted by Gasteiger charge is -2.19. The van der Waals surface area contributed by atoms with E-state index in [-0.39, 0.29) is 0 Å². The molecular formula is C13H18. The van der Waals surface area contributed by atoms with E-state index in [1.165, 1.54) is 6.42 Å². The molecule has 0 radical (unpaired) electrons. The molecule has 0 nitrogen and oxygen atoms in total. The second kappa shape index (κ2) is 3.17. The van der Waals surface area contributed by atoms with Crippen molar-refractivity contribution in [1.29, 1.82) is 0 Å². The summed E-state index contributed by atoms with van der Waals surface area (Å²) in [5, 5.41) is 0. The van der Waals surface area contributed by atoms with Crippen LogP contribution in [0.15, 0.2) is 24.3 Å². The molecule has 13 heavy (non-hydrogen) atoms. The van der Waals surface area contributed by atoms with Gasteiger partial charge in [0.1, 0.15) is 0 Å². The van der Waals surface area contributed by atoms with Gasteiger partial charge < -0.3 is 0 Å². The van der Waals surface area contributed by atoms with Gasteiger partial charge in [0, 0.05) is 0 Å². The number of rotatable bonds is 1. The standard InChI is InChI=1S/C13H18/c1-9(2)13-8-11-6-4-5-7-12(11)10(13)3/h4-7,9-10,13H,8H2,1-3H3. The molecule has 0 aliphatic heterocycles. The predicted octanol–water partition coefficient (Wildman–Crippen LogP) is 3.62. The lowest BCUT2D eigenvalue weighted by atomic mass is 9.85. The zero-order chi connectivity index (χ0) is 9.42. The van der Waals surface area contributed by atoms with Crippen molar-refractivity contribution in [2.75, 3.05) is 0 Å². The highest BCUT2D eigenvalue weighted by Gasteiger charge is 2.30. The van der Waals surface area contributed by atoms with Gasteiger partial charge in [0.25, 0.3) is 0 Å². The molecule has 1 aromatic carbocycles. The molecule has 0 heteroatoms. The summed E-state index contributed by atoms with van der Waals surface area (Å²) in [6, 6.07) is 8.91. The van der Waals surface area contributed by atoms with Crippen molar-refractivity contribution < 1.29 is 0 Å². The van der Waals surface area contributed by atoms with Crippen molar-refractivity contribution in [3.8, 4) is 0 Å². The maximum Gasteiger partial charge on any atom is -0.0154 e. The van der Waals surface area contributed by atoms with Gasteiger partial charge in [-0.15, -0.1) is 0 Å². The van der Waals surface area contributed by atoms with E-state index in [1.807, 2.05) is 0 Å². The molecule has 0 spiro atoms. The highest BCUT2D eigenvalue weighted by atomic mass is 14.3. The van der Waals surface area contributed by atoms with E-state index in [2.05, 4.69) is 45.0 Å². The minimum absolute atomic E-state index is 0.760. The Morgan fingerprint density at radius 1 is 1.23 bits per heavy atom. The summed E-state index contributed by atoms with van der Waals surface area (Å²) in [7, 11) is 0. The Morgan fingerprint density at radius 3 is 2.54 bits per heavy atom. The van der Waals surface area contributed by atoms with Crippen LogP contribution in [0.4, 0.5) is 0 Å². The Morgan fingerprint density at radius 2 is 1.92 bits per heavy atom. The molecule has 0 saturated carbocycles. The molecule has 70 valence electrons. The predicted molar refractivity (Wildman–Crippen MR) is 56.9 cm³/mol. The lowest BCUT2D eigenvalue weighted by Crippen LogP contribution is -2.11. The molecule has 1 aliphatic carbocycles. The summed E-state index contributed by atoms with van der Waals surface area (Å²) in [5.74, 6) is 2.43. The van der Waals surface area contributed by atoms with Crippen LogP contribution in [-0.2, 0) is 6.42 Å². The van der Waals surface area contributed by atoms with E-state index in [0.717, 1.165) is 17.8 Å². The molecule has 0 N–H and O–H groups in total. The van der Waals surface area contributed by atoms with Gasteiger partial charge in [-0.2, -0.15) is 0 Å². The van der Waals surface area contributed by atoms with E-state index in [1.54, 1.807) is 11.1 Å². The summed E-state index contributed by atoms with van der Waals surface area (Å²) in [5.41, 5.74) is 3.16.